The summed E-state index contributed by atoms with van der Waals surface area (Å²) in [5, 5.41) is 9.33. The summed E-state index contributed by atoms with van der Waals surface area (Å²) in [5.41, 5.74) is 6.76. The fraction of sp³-hybridized carbons (Fsp3) is 0.571. The van der Waals surface area contributed by atoms with Gasteiger partial charge >= 0.3 is 0 Å². The van der Waals surface area contributed by atoms with Gasteiger partial charge < -0.3 is 15.6 Å². The van der Waals surface area contributed by atoms with Crippen LogP contribution in [0.15, 0.2) is 24.3 Å². The third kappa shape index (κ3) is 3.45. The first-order valence-electron chi connectivity index (χ1n) is 6.35. The van der Waals surface area contributed by atoms with Crippen LogP contribution in [0.4, 0.5) is 0 Å². The van der Waals surface area contributed by atoms with E-state index >= 15 is 0 Å². The normalized spacial score (nSPS) is 24.1. The van der Waals surface area contributed by atoms with Crippen LogP contribution in [0.3, 0.4) is 0 Å². The van der Waals surface area contributed by atoms with Crippen LogP contribution in [0.1, 0.15) is 24.8 Å². The third-order valence-corrected chi connectivity index (χ3v) is 3.63. The molecule has 0 aliphatic heterocycles. The Kier molecular flexibility index (Phi) is 4.40. The average Bonchev–Trinajstić information content (AvgIpc) is 2.77. The number of aromatic hydroxyl groups is 1. The molecule has 1 saturated carbocycles. The molecule has 0 radical (unpaired) electrons. The number of hydrogen-bond donors (Lipinski definition) is 2. The van der Waals surface area contributed by atoms with Crippen molar-refractivity contribution in [3.8, 4) is 5.75 Å². The molecular formula is C14H21NO2. The minimum atomic E-state index is 0.298. The standard InChI is InChI=1S/C14H21NO2/c15-8-12-4-2-5-13(12)10-17-9-11-3-1-6-14(16)7-11/h1,3,6-7,12-13,16H,2,4-5,8-10,15H2. The molecule has 2 atom stereocenters. The summed E-state index contributed by atoms with van der Waals surface area (Å²) in [4.78, 5) is 0. The maximum absolute atomic E-state index is 9.33. The Morgan fingerprint density at radius 2 is 2.12 bits per heavy atom. The molecule has 0 heterocycles. The summed E-state index contributed by atoms with van der Waals surface area (Å²) < 4.78 is 5.72. The highest BCUT2D eigenvalue weighted by Gasteiger charge is 2.25. The van der Waals surface area contributed by atoms with Crippen LogP contribution in [0, 0.1) is 11.8 Å². The van der Waals surface area contributed by atoms with Crippen LogP contribution < -0.4 is 5.73 Å². The highest BCUT2D eigenvalue weighted by Crippen LogP contribution is 2.31. The molecule has 2 rings (SSSR count). The van der Waals surface area contributed by atoms with E-state index in [1.165, 1.54) is 19.3 Å². The number of ether oxygens (including phenoxy) is 1. The lowest BCUT2D eigenvalue weighted by Crippen LogP contribution is -2.22. The van der Waals surface area contributed by atoms with Gasteiger partial charge in [-0.15, -0.1) is 0 Å². The zero-order chi connectivity index (χ0) is 12.1. The first kappa shape index (κ1) is 12.4. The smallest absolute Gasteiger partial charge is 0.115 e. The van der Waals surface area contributed by atoms with E-state index in [4.69, 9.17) is 10.5 Å². The SMILES string of the molecule is NCC1CCCC1COCc1cccc(O)c1. The number of benzene rings is 1. The summed E-state index contributed by atoms with van der Waals surface area (Å²) in [6, 6.07) is 7.22. The lowest BCUT2D eigenvalue weighted by Gasteiger charge is -2.17. The molecule has 3 nitrogen and oxygen atoms in total. The molecule has 94 valence electrons. The molecule has 0 amide bonds. The first-order valence-corrected chi connectivity index (χ1v) is 6.35. The maximum atomic E-state index is 9.33. The Bertz CT molecular complexity index is 354. The maximum Gasteiger partial charge on any atom is 0.115 e. The van der Waals surface area contributed by atoms with Gasteiger partial charge in [0.25, 0.3) is 0 Å². The van der Waals surface area contributed by atoms with E-state index in [9.17, 15) is 5.11 Å². The second-order valence-electron chi connectivity index (χ2n) is 4.87. The molecule has 1 aliphatic carbocycles. The van der Waals surface area contributed by atoms with E-state index in [2.05, 4.69) is 0 Å². The van der Waals surface area contributed by atoms with Crippen molar-refractivity contribution in [3.63, 3.8) is 0 Å². The van der Waals surface area contributed by atoms with Gasteiger partial charge in [-0.25, -0.2) is 0 Å². The fourth-order valence-electron chi connectivity index (χ4n) is 2.62. The molecule has 2 unspecified atom stereocenters. The van der Waals surface area contributed by atoms with Gasteiger partial charge in [0.1, 0.15) is 5.75 Å². The number of phenols is 1. The molecule has 0 bridgehead atoms. The van der Waals surface area contributed by atoms with Crippen molar-refractivity contribution < 1.29 is 9.84 Å². The summed E-state index contributed by atoms with van der Waals surface area (Å²) in [6.45, 7) is 2.14. The highest BCUT2D eigenvalue weighted by atomic mass is 16.5. The summed E-state index contributed by atoms with van der Waals surface area (Å²) in [5.74, 6) is 1.56. The summed E-state index contributed by atoms with van der Waals surface area (Å²) >= 11 is 0. The van der Waals surface area contributed by atoms with Crippen LogP contribution in [0.25, 0.3) is 0 Å². The molecule has 1 aromatic rings. The van der Waals surface area contributed by atoms with E-state index in [1.807, 2.05) is 12.1 Å². The van der Waals surface area contributed by atoms with Crippen molar-refractivity contribution >= 4 is 0 Å². The lowest BCUT2D eigenvalue weighted by atomic mass is 9.97. The van der Waals surface area contributed by atoms with E-state index in [1.54, 1.807) is 12.1 Å². The molecule has 1 aromatic carbocycles. The van der Waals surface area contributed by atoms with E-state index in [0.29, 0.717) is 24.2 Å². The first-order chi connectivity index (χ1) is 8.29. The fourth-order valence-corrected chi connectivity index (χ4v) is 2.62. The molecule has 0 aromatic heterocycles. The second kappa shape index (κ2) is 6.03. The Hall–Kier alpha value is -1.06. The molecule has 1 fully saturated rings. The third-order valence-electron chi connectivity index (χ3n) is 3.63. The Balaban J connectivity index is 1.76. The number of rotatable bonds is 5. The zero-order valence-electron chi connectivity index (χ0n) is 10.1. The number of nitrogens with two attached hydrogens (primary N) is 1. The van der Waals surface area contributed by atoms with Crippen molar-refractivity contribution in [3.05, 3.63) is 29.8 Å². The molecule has 3 heteroatoms. The van der Waals surface area contributed by atoms with E-state index in [0.717, 1.165) is 18.7 Å². The van der Waals surface area contributed by atoms with Crippen molar-refractivity contribution in [2.24, 2.45) is 17.6 Å². The average molecular weight is 235 g/mol. The molecule has 1 aliphatic rings. The Morgan fingerprint density at radius 3 is 2.88 bits per heavy atom. The van der Waals surface area contributed by atoms with Gasteiger partial charge in [-0.1, -0.05) is 18.6 Å². The van der Waals surface area contributed by atoms with Crippen LogP contribution >= 0.6 is 0 Å². The summed E-state index contributed by atoms with van der Waals surface area (Å²) in [6.07, 6.45) is 3.76. The van der Waals surface area contributed by atoms with E-state index < -0.39 is 0 Å². The van der Waals surface area contributed by atoms with Gasteiger partial charge in [0.15, 0.2) is 0 Å². The topological polar surface area (TPSA) is 55.5 Å². The molecule has 0 spiro atoms. The van der Waals surface area contributed by atoms with Gasteiger partial charge in [-0.2, -0.15) is 0 Å². The number of hydrogen-bond acceptors (Lipinski definition) is 3. The zero-order valence-corrected chi connectivity index (χ0v) is 10.1. The monoisotopic (exact) mass is 235 g/mol. The number of phenolic OH excluding ortho intramolecular Hbond substituents is 1. The van der Waals surface area contributed by atoms with Crippen LogP contribution in [0.5, 0.6) is 5.75 Å². The van der Waals surface area contributed by atoms with Gasteiger partial charge in [0.05, 0.1) is 13.2 Å². The Morgan fingerprint density at radius 1 is 1.29 bits per heavy atom. The van der Waals surface area contributed by atoms with Gasteiger partial charge in [0, 0.05) is 0 Å². The van der Waals surface area contributed by atoms with Gasteiger partial charge in [-0.05, 0) is 48.9 Å². The molecule has 3 N–H and O–H groups in total. The minimum absolute atomic E-state index is 0.298. The van der Waals surface area contributed by atoms with Crippen LogP contribution in [-0.2, 0) is 11.3 Å². The van der Waals surface area contributed by atoms with E-state index in [-0.39, 0.29) is 0 Å². The van der Waals surface area contributed by atoms with Crippen LogP contribution in [-0.4, -0.2) is 18.3 Å². The lowest BCUT2D eigenvalue weighted by molar-refractivity contribution is 0.0752. The summed E-state index contributed by atoms with van der Waals surface area (Å²) in [7, 11) is 0. The van der Waals surface area contributed by atoms with Gasteiger partial charge in [-0.3, -0.25) is 0 Å². The molecular weight excluding hydrogens is 214 g/mol. The quantitative estimate of drug-likeness (QED) is 0.823. The van der Waals surface area contributed by atoms with Crippen molar-refractivity contribution in [2.75, 3.05) is 13.2 Å². The van der Waals surface area contributed by atoms with Crippen molar-refractivity contribution in [1.82, 2.24) is 0 Å². The largest absolute Gasteiger partial charge is 0.508 e. The van der Waals surface area contributed by atoms with Crippen LogP contribution in [0.2, 0.25) is 0 Å². The highest BCUT2D eigenvalue weighted by molar-refractivity contribution is 5.26. The molecule has 0 saturated heterocycles. The van der Waals surface area contributed by atoms with Gasteiger partial charge in [0.2, 0.25) is 0 Å². The predicted octanol–water partition coefficient (Wildman–Crippen LogP) is 2.28. The minimum Gasteiger partial charge on any atom is -0.508 e. The Labute approximate surface area is 103 Å². The van der Waals surface area contributed by atoms with Crippen molar-refractivity contribution in [1.29, 1.82) is 0 Å². The molecule has 17 heavy (non-hydrogen) atoms. The predicted molar refractivity (Wildman–Crippen MR) is 67.6 cm³/mol. The second-order valence-corrected chi connectivity index (χ2v) is 4.87. The van der Waals surface area contributed by atoms with Crippen molar-refractivity contribution in [2.45, 2.75) is 25.9 Å².